The third-order valence-corrected chi connectivity index (χ3v) is 12.6. The predicted octanol–water partition coefficient (Wildman–Crippen LogP) is 16.6. The zero-order valence-corrected chi connectivity index (χ0v) is 37.6. The number of fused-ring (bicyclic) bond motifs is 3. The topological polar surface area (TPSA) is 50.1 Å². The largest absolute Gasteiger partial charge is 0.310 e. The Morgan fingerprint density at radius 3 is 1.00 bits per heavy atom. The minimum Gasteiger partial charge on any atom is -0.310 e. The molecule has 2 aromatic heterocycles. The van der Waals surface area contributed by atoms with Gasteiger partial charge in [-0.3, -0.25) is 0 Å². The molecule has 326 valence electrons. The van der Waals surface area contributed by atoms with Crippen LogP contribution in [0.2, 0.25) is 0 Å². The van der Waals surface area contributed by atoms with Crippen LogP contribution in [0.1, 0.15) is 0 Å². The van der Waals surface area contributed by atoms with Crippen LogP contribution in [0.4, 0.5) is 34.1 Å². The highest BCUT2D eigenvalue weighted by molar-refractivity contribution is 6.12. The van der Waals surface area contributed by atoms with E-state index < -0.39 is 0 Å². The molecule has 0 unspecified atom stereocenters. The van der Waals surface area contributed by atoms with E-state index in [0.29, 0.717) is 17.5 Å². The smallest absolute Gasteiger partial charge is 0.164 e. The first kappa shape index (κ1) is 41.1. The van der Waals surface area contributed by atoms with Crippen LogP contribution in [-0.4, -0.2) is 19.5 Å². The molecular formula is C63H44N6. The van der Waals surface area contributed by atoms with Crippen LogP contribution in [0.5, 0.6) is 0 Å². The van der Waals surface area contributed by atoms with Crippen molar-refractivity contribution in [2.45, 2.75) is 0 Å². The van der Waals surface area contributed by atoms with Gasteiger partial charge in [-0.25, -0.2) is 15.0 Å². The van der Waals surface area contributed by atoms with Crippen molar-refractivity contribution in [1.82, 2.24) is 19.5 Å². The van der Waals surface area contributed by atoms with Crippen LogP contribution in [0.3, 0.4) is 0 Å². The molecular weight excluding hydrogens is 841 g/mol. The van der Waals surface area contributed by atoms with Crippen molar-refractivity contribution >= 4 is 55.9 Å². The molecule has 0 amide bonds. The molecule has 12 rings (SSSR count). The first-order valence-corrected chi connectivity index (χ1v) is 23.2. The maximum absolute atomic E-state index is 5.04. The molecule has 0 bridgehead atoms. The molecule has 0 atom stereocenters. The van der Waals surface area contributed by atoms with E-state index in [1.165, 1.54) is 0 Å². The lowest BCUT2D eigenvalue weighted by Crippen LogP contribution is -2.09. The summed E-state index contributed by atoms with van der Waals surface area (Å²) >= 11 is 0. The maximum atomic E-state index is 5.04. The molecule has 69 heavy (non-hydrogen) atoms. The van der Waals surface area contributed by atoms with Gasteiger partial charge in [0.15, 0.2) is 17.5 Å². The summed E-state index contributed by atoms with van der Waals surface area (Å²) in [6.45, 7) is 0. The van der Waals surface area contributed by atoms with E-state index in [9.17, 15) is 0 Å². The Hall–Kier alpha value is -9.39. The zero-order chi connectivity index (χ0) is 45.9. The maximum Gasteiger partial charge on any atom is 0.164 e. The van der Waals surface area contributed by atoms with Crippen molar-refractivity contribution in [2.24, 2.45) is 0 Å². The Kier molecular flexibility index (Phi) is 10.8. The molecule has 6 nitrogen and oxygen atoms in total. The number of hydrogen-bond acceptors (Lipinski definition) is 5. The van der Waals surface area contributed by atoms with Gasteiger partial charge in [0.2, 0.25) is 0 Å². The van der Waals surface area contributed by atoms with Crippen LogP contribution >= 0.6 is 0 Å². The fourth-order valence-electron chi connectivity index (χ4n) is 9.36. The molecule has 6 heteroatoms. The summed E-state index contributed by atoms with van der Waals surface area (Å²) in [6, 6.07) is 93.7. The SMILES string of the molecule is c1ccc(-c2nc(-c3ccccc3)nc(-c3cccc(-c4cccc(-n5c6ccc(N(c7ccccc7)c7ccccc7)cc6c6cc(N(c7ccccc7)c7ccccc7)ccc65)c4)c3)n2)cc1. The molecule has 0 saturated carbocycles. The molecule has 0 N–H and O–H groups in total. The molecule has 0 aliphatic rings. The van der Waals surface area contributed by atoms with E-state index in [4.69, 9.17) is 15.0 Å². The van der Waals surface area contributed by atoms with Crippen LogP contribution in [-0.2, 0) is 0 Å². The minimum absolute atomic E-state index is 0.620. The molecule has 0 aliphatic heterocycles. The average molecular weight is 885 g/mol. The fourth-order valence-corrected chi connectivity index (χ4v) is 9.36. The highest BCUT2D eigenvalue weighted by atomic mass is 15.2. The second kappa shape index (κ2) is 18.1. The summed E-state index contributed by atoms with van der Waals surface area (Å²) in [6.07, 6.45) is 0. The van der Waals surface area contributed by atoms with Gasteiger partial charge in [-0.2, -0.15) is 0 Å². The van der Waals surface area contributed by atoms with E-state index in [0.717, 1.165) is 89.4 Å². The summed E-state index contributed by atoms with van der Waals surface area (Å²) in [5, 5.41) is 2.29. The van der Waals surface area contributed by atoms with Gasteiger partial charge in [0.1, 0.15) is 0 Å². The minimum atomic E-state index is 0.620. The number of hydrogen-bond donors (Lipinski definition) is 0. The second-order valence-corrected chi connectivity index (χ2v) is 16.9. The Morgan fingerprint density at radius 1 is 0.246 bits per heavy atom. The lowest BCUT2D eigenvalue weighted by molar-refractivity contribution is 1.07. The average Bonchev–Trinajstić information content (AvgIpc) is 3.76. The predicted molar refractivity (Wildman–Crippen MR) is 285 cm³/mol. The monoisotopic (exact) mass is 884 g/mol. The highest BCUT2D eigenvalue weighted by Crippen LogP contribution is 2.43. The summed E-state index contributed by atoms with van der Waals surface area (Å²) in [5.74, 6) is 1.89. The lowest BCUT2D eigenvalue weighted by atomic mass is 10.0. The Labute approximate surface area is 401 Å². The summed E-state index contributed by atoms with van der Waals surface area (Å²) in [7, 11) is 0. The van der Waals surface area contributed by atoms with Crippen molar-refractivity contribution in [3.05, 3.63) is 267 Å². The summed E-state index contributed by atoms with van der Waals surface area (Å²) in [4.78, 5) is 19.7. The van der Waals surface area contributed by atoms with Gasteiger partial charge in [-0.05, 0) is 114 Å². The number of para-hydroxylation sites is 4. The van der Waals surface area contributed by atoms with Gasteiger partial charge < -0.3 is 14.4 Å². The van der Waals surface area contributed by atoms with Gasteiger partial charge in [-0.1, -0.05) is 164 Å². The normalized spacial score (nSPS) is 11.2. The molecule has 0 saturated heterocycles. The van der Waals surface area contributed by atoms with Crippen LogP contribution in [0, 0.1) is 0 Å². The quantitative estimate of drug-likeness (QED) is 0.130. The third-order valence-electron chi connectivity index (χ3n) is 12.6. The van der Waals surface area contributed by atoms with Crippen molar-refractivity contribution in [3.8, 4) is 51.0 Å². The highest BCUT2D eigenvalue weighted by Gasteiger charge is 2.21. The molecule has 2 heterocycles. The van der Waals surface area contributed by atoms with E-state index in [2.05, 4.69) is 221 Å². The molecule has 12 aromatic rings. The van der Waals surface area contributed by atoms with Crippen molar-refractivity contribution in [1.29, 1.82) is 0 Å². The number of anilines is 6. The molecule has 10 aromatic carbocycles. The zero-order valence-electron chi connectivity index (χ0n) is 37.6. The number of rotatable bonds is 11. The van der Waals surface area contributed by atoms with Gasteiger partial charge in [0.05, 0.1) is 11.0 Å². The Morgan fingerprint density at radius 2 is 0.580 bits per heavy atom. The summed E-state index contributed by atoms with van der Waals surface area (Å²) in [5.41, 5.74) is 14.7. The fraction of sp³-hybridized carbons (Fsp3) is 0. The van der Waals surface area contributed by atoms with Gasteiger partial charge in [-0.15, -0.1) is 0 Å². The van der Waals surface area contributed by atoms with Crippen LogP contribution in [0.15, 0.2) is 267 Å². The third kappa shape index (κ3) is 8.06. The Balaban J connectivity index is 1.02. The number of benzene rings is 10. The van der Waals surface area contributed by atoms with E-state index in [1.807, 2.05) is 60.7 Å². The Bertz CT molecular complexity index is 3440. The van der Waals surface area contributed by atoms with E-state index >= 15 is 0 Å². The van der Waals surface area contributed by atoms with Gasteiger partial charge in [0, 0.05) is 67.3 Å². The molecule has 0 aliphatic carbocycles. The van der Waals surface area contributed by atoms with Crippen molar-refractivity contribution in [3.63, 3.8) is 0 Å². The van der Waals surface area contributed by atoms with Crippen molar-refractivity contribution in [2.75, 3.05) is 9.80 Å². The van der Waals surface area contributed by atoms with Crippen LogP contribution in [0.25, 0.3) is 72.8 Å². The number of aromatic nitrogens is 4. The van der Waals surface area contributed by atoms with Crippen LogP contribution < -0.4 is 9.80 Å². The molecule has 0 radical (unpaired) electrons. The standard InChI is InChI=1S/C63H44N6/c1-7-21-45(22-8-1)61-64-62(46-23-9-2-10-24-46)66-63(65-61)49-27-19-25-47(41-49)48-26-20-36-54(42-48)69-59-39-37-55(67(50-28-11-3-12-29-50)51-30-13-4-14-31-51)43-57(59)58-44-56(38-40-60(58)69)68(52-32-15-5-16-33-52)53-34-17-6-18-35-53/h1-44H. The van der Waals surface area contributed by atoms with Crippen molar-refractivity contribution < 1.29 is 0 Å². The molecule has 0 fully saturated rings. The van der Waals surface area contributed by atoms with Gasteiger partial charge in [0.25, 0.3) is 0 Å². The number of nitrogens with zero attached hydrogens (tertiary/aromatic N) is 6. The lowest BCUT2D eigenvalue weighted by Gasteiger charge is -2.26. The van der Waals surface area contributed by atoms with E-state index in [1.54, 1.807) is 0 Å². The molecule has 0 spiro atoms. The second-order valence-electron chi connectivity index (χ2n) is 16.9. The van der Waals surface area contributed by atoms with Gasteiger partial charge >= 0.3 is 0 Å². The first-order valence-electron chi connectivity index (χ1n) is 23.2. The first-order chi connectivity index (χ1) is 34.2. The summed E-state index contributed by atoms with van der Waals surface area (Å²) < 4.78 is 2.40. The van der Waals surface area contributed by atoms with E-state index in [-0.39, 0.29) is 0 Å².